The SMILES string of the molecule is Cc1ccc(-n2ncc3c(NC4CCC(NC(=O)c5ccccc5F)CC4)nc(C4CC4)nc32)cc1. The molecule has 6 rings (SSSR count). The van der Waals surface area contributed by atoms with E-state index < -0.39 is 5.82 Å². The van der Waals surface area contributed by atoms with Crippen LogP contribution in [0.5, 0.6) is 0 Å². The lowest BCUT2D eigenvalue weighted by Crippen LogP contribution is -2.40. The first-order valence-electron chi connectivity index (χ1n) is 12.7. The first kappa shape index (κ1) is 22.6. The van der Waals surface area contributed by atoms with Gasteiger partial charge in [0, 0.05) is 18.0 Å². The number of nitrogens with one attached hydrogen (secondary N) is 2. The fourth-order valence-corrected chi connectivity index (χ4v) is 4.92. The van der Waals surface area contributed by atoms with E-state index in [1.165, 1.54) is 17.7 Å². The van der Waals surface area contributed by atoms with Gasteiger partial charge in [0.05, 0.1) is 22.8 Å². The number of halogens is 1. The average molecular weight is 485 g/mol. The van der Waals surface area contributed by atoms with Crippen molar-refractivity contribution in [3.63, 3.8) is 0 Å². The van der Waals surface area contributed by atoms with E-state index in [9.17, 15) is 9.18 Å². The van der Waals surface area contributed by atoms with Gasteiger partial charge in [-0.3, -0.25) is 4.79 Å². The molecule has 2 fully saturated rings. The van der Waals surface area contributed by atoms with Crippen LogP contribution >= 0.6 is 0 Å². The second kappa shape index (κ2) is 9.33. The van der Waals surface area contributed by atoms with Crippen LogP contribution in [0.15, 0.2) is 54.7 Å². The molecule has 2 N–H and O–H groups in total. The number of hydrogen-bond donors (Lipinski definition) is 2. The van der Waals surface area contributed by atoms with Crippen LogP contribution in [0.2, 0.25) is 0 Å². The third-order valence-electron chi connectivity index (χ3n) is 7.19. The number of fused-ring (bicyclic) bond motifs is 1. The summed E-state index contributed by atoms with van der Waals surface area (Å²) in [5, 5.41) is 12.2. The lowest BCUT2D eigenvalue weighted by molar-refractivity contribution is 0.0922. The Hall–Kier alpha value is -3.81. The molecule has 7 nitrogen and oxygen atoms in total. The standard InChI is InChI=1S/C28H29FN6O/c1-17-6-14-21(15-7-17)35-27-23(16-30-35)26(33-25(34-27)18-8-9-18)31-19-10-12-20(13-11-19)32-28(36)22-4-2-3-5-24(22)29/h2-7,14-16,18-20H,8-13H2,1H3,(H,32,36)(H,31,33,34). The third kappa shape index (κ3) is 4.55. The summed E-state index contributed by atoms with van der Waals surface area (Å²) in [6.45, 7) is 2.07. The van der Waals surface area contributed by atoms with Gasteiger partial charge in [-0.25, -0.2) is 19.0 Å². The number of aromatic nitrogens is 4. The summed E-state index contributed by atoms with van der Waals surface area (Å²) < 4.78 is 15.8. The van der Waals surface area contributed by atoms with E-state index in [4.69, 9.17) is 9.97 Å². The number of amides is 1. The first-order valence-corrected chi connectivity index (χ1v) is 12.7. The van der Waals surface area contributed by atoms with Crippen molar-refractivity contribution in [2.24, 2.45) is 0 Å². The summed E-state index contributed by atoms with van der Waals surface area (Å²) >= 11 is 0. The summed E-state index contributed by atoms with van der Waals surface area (Å²) in [6.07, 6.45) is 7.51. The molecule has 2 aromatic heterocycles. The number of benzene rings is 2. The maximum absolute atomic E-state index is 14.0. The van der Waals surface area contributed by atoms with Crippen LogP contribution < -0.4 is 10.6 Å². The average Bonchev–Trinajstić information content (AvgIpc) is 3.65. The van der Waals surface area contributed by atoms with Crippen molar-refractivity contribution in [2.75, 3.05) is 5.32 Å². The van der Waals surface area contributed by atoms with E-state index in [0.29, 0.717) is 5.92 Å². The highest BCUT2D eigenvalue weighted by molar-refractivity contribution is 5.94. The van der Waals surface area contributed by atoms with E-state index in [-0.39, 0.29) is 23.6 Å². The molecule has 1 amide bonds. The van der Waals surface area contributed by atoms with Crippen LogP contribution in [0.3, 0.4) is 0 Å². The minimum Gasteiger partial charge on any atom is -0.367 e. The van der Waals surface area contributed by atoms with Crippen LogP contribution in [0, 0.1) is 12.7 Å². The third-order valence-corrected chi connectivity index (χ3v) is 7.19. The maximum atomic E-state index is 14.0. The number of carbonyl (C=O) groups is 1. The van der Waals surface area contributed by atoms with Gasteiger partial charge in [-0.2, -0.15) is 5.10 Å². The smallest absolute Gasteiger partial charge is 0.254 e. The maximum Gasteiger partial charge on any atom is 0.254 e. The molecule has 8 heteroatoms. The van der Waals surface area contributed by atoms with Crippen LogP contribution in [-0.2, 0) is 0 Å². The lowest BCUT2D eigenvalue weighted by atomic mass is 9.91. The predicted molar refractivity (Wildman–Crippen MR) is 137 cm³/mol. The highest BCUT2D eigenvalue weighted by Crippen LogP contribution is 2.40. The summed E-state index contributed by atoms with van der Waals surface area (Å²) in [7, 11) is 0. The molecule has 0 saturated heterocycles. The van der Waals surface area contributed by atoms with Crippen LogP contribution in [0.1, 0.15) is 66.2 Å². The molecule has 184 valence electrons. The zero-order valence-electron chi connectivity index (χ0n) is 20.2. The summed E-state index contributed by atoms with van der Waals surface area (Å²) in [6, 6.07) is 14.6. The summed E-state index contributed by atoms with van der Waals surface area (Å²) in [4.78, 5) is 22.3. The molecular weight excluding hydrogens is 455 g/mol. The van der Waals surface area contributed by atoms with E-state index >= 15 is 0 Å². The number of nitrogens with zero attached hydrogens (tertiary/aromatic N) is 4. The minimum absolute atomic E-state index is 0.0342. The molecule has 2 aliphatic rings. The van der Waals surface area contributed by atoms with Gasteiger partial charge in [0.1, 0.15) is 17.5 Å². The van der Waals surface area contributed by atoms with Crippen molar-refractivity contribution < 1.29 is 9.18 Å². The molecule has 2 saturated carbocycles. The second-order valence-corrected chi connectivity index (χ2v) is 9.98. The molecule has 36 heavy (non-hydrogen) atoms. The Bertz CT molecular complexity index is 1400. The number of anilines is 1. The van der Waals surface area contributed by atoms with Gasteiger partial charge in [0.25, 0.3) is 5.91 Å². The van der Waals surface area contributed by atoms with Crippen LogP contribution in [0.25, 0.3) is 16.7 Å². The van der Waals surface area contributed by atoms with E-state index in [2.05, 4.69) is 46.9 Å². The monoisotopic (exact) mass is 484 g/mol. The Kier molecular flexibility index (Phi) is 5.87. The number of hydrogen-bond acceptors (Lipinski definition) is 5. The van der Waals surface area contributed by atoms with Gasteiger partial charge in [-0.05, 0) is 69.7 Å². The highest BCUT2D eigenvalue weighted by atomic mass is 19.1. The quantitative estimate of drug-likeness (QED) is 0.388. The highest BCUT2D eigenvalue weighted by Gasteiger charge is 2.30. The second-order valence-electron chi connectivity index (χ2n) is 9.98. The molecule has 0 radical (unpaired) electrons. The number of rotatable bonds is 6. The molecule has 0 spiro atoms. The van der Waals surface area contributed by atoms with E-state index in [1.54, 1.807) is 12.1 Å². The van der Waals surface area contributed by atoms with Crippen molar-refractivity contribution >= 4 is 22.8 Å². The van der Waals surface area contributed by atoms with Gasteiger partial charge in [-0.1, -0.05) is 29.8 Å². The van der Waals surface area contributed by atoms with Crippen LogP contribution in [0.4, 0.5) is 10.2 Å². The fraction of sp³-hybridized carbons (Fsp3) is 0.357. The zero-order valence-corrected chi connectivity index (χ0v) is 20.2. The van der Waals surface area contributed by atoms with Crippen molar-refractivity contribution in [3.05, 3.63) is 77.5 Å². The van der Waals surface area contributed by atoms with E-state index in [0.717, 1.165) is 66.9 Å². The van der Waals surface area contributed by atoms with Gasteiger partial charge in [0.2, 0.25) is 0 Å². The van der Waals surface area contributed by atoms with Gasteiger partial charge in [0.15, 0.2) is 5.65 Å². The Balaban J connectivity index is 1.18. The van der Waals surface area contributed by atoms with Gasteiger partial charge >= 0.3 is 0 Å². The lowest BCUT2D eigenvalue weighted by Gasteiger charge is -2.30. The van der Waals surface area contributed by atoms with Crippen molar-refractivity contribution in [1.82, 2.24) is 25.1 Å². The Labute approximate surface area is 209 Å². The summed E-state index contributed by atoms with van der Waals surface area (Å²) in [5.41, 5.74) is 3.10. The summed E-state index contributed by atoms with van der Waals surface area (Å²) in [5.74, 6) is 1.29. The van der Waals surface area contributed by atoms with Crippen molar-refractivity contribution in [1.29, 1.82) is 0 Å². The molecule has 2 aliphatic carbocycles. The number of aryl methyl sites for hydroxylation is 1. The minimum atomic E-state index is -0.490. The molecule has 0 bridgehead atoms. The Morgan fingerprint density at radius 3 is 2.39 bits per heavy atom. The Morgan fingerprint density at radius 2 is 1.67 bits per heavy atom. The van der Waals surface area contributed by atoms with Crippen LogP contribution in [-0.4, -0.2) is 37.7 Å². The van der Waals surface area contributed by atoms with Gasteiger partial charge < -0.3 is 10.6 Å². The topological polar surface area (TPSA) is 84.7 Å². The first-order chi connectivity index (χ1) is 17.5. The molecule has 0 atom stereocenters. The van der Waals surface area contributed by atoms with E-state index in [1.807, 2.05) is 10.9 Å². The molecule has 4 aromatic rings. The molecule has 0 aliphatic heterocycles. The molecular formula is C28H29FN6O. The predicted octanol–water partition coefficient (Wildman–Crippen LogP) is 5.29. The largest absolute Gasteiger partial charge is 0.367 e. The fourth-order valence-electron chi connectivity index (χ4n) is 4.92. The van der Waals surface area contributed by atoms with Crippen molar-refractivity contribution in [3.8, 4) is 5.69 Å². The van der Waals surface area contributed by atoms with Gasteiger partial charge in [-0.15, -0.1) is 0 Å². The molecule has 2 aromatic carbocycles. The number of carbonyl (C=O) groups excluding carboxylic acids is 1. The normalized spacial score (nSPS) is 19.8. The van der Waals surface area contributed by atoms with Crippen molar-refractivity contribution in [2.45, 2.75) is 63.5 Å². The Morgan fingerprint density at radius 1 is 0.944 bits per heavy atom. The molecule has 0 unspecified atom stereocenters. The molecule has 2 heterocycles. The zero-order chi connectivity index (χ0) is 24.6.